The zero-order valence-electron chi connectivity index (χ0n) is 19.9. The van der Waals surface area contributed by atoms with Gasteiger partial charge in [0.2, 0.25) is 5.91 Å². The largest absolute Gasteiger partial charge is 0.497 e. The molecule has 5 aliphatic rings. The van der Waals surface area contributed by atoms with Gasteiger partial charge in [0.15, 0.2) is 0 Å². The Morgan fingerprint density at radius 3 is 2.38 bits per heavy atom. The Kier molecular flexibility index (Phi) is 7.03. The second-order valence-electron chi connectivity index (χ2n) is 10.7. The fourth-order valence-electron chi connectivity index (χ4n) is 6.90. The van der Waals surface area contributed by atoms with Crippen LogP contribution in [0.1, 0.15) is 69.8 Å². The first kappa shape index (κ1) is 23.9. The maximum absolute atomic E-state index is 12.8. The van der Waals surface area contributed by atoms with Gasteiger partial charge in [-0.3, -0.25) is 14.5 Å². The van der Waals surface area contributed by atoms with Crippen molar-refractivity contribution < 1.29 is 14.3 Å². The van der Waals surface area contributed by atoms with E-state index >= 15 is 0 Å². The quantitative estimate of drug-likeness (QED) is 0.275. The standard InChI is InChI=1S/C27H34N2O3S2/c1-32-22-8-6-18(7-9-22)14-23-25(31)29(26(33)34-23)10-4-2-3-5-24(30)28-27-15-19-11-20(16-27)13-21(12-19)17-27/h6-9,14,19-21H,2-5,10-13,15-17H2,1H3,(H,28,30). The number of thioether (sulfide) groups is 1. The first-order valence-electron chi connectivity index (χ1n) is 12.6. The molecule has 4 aliphatic carbocycles. The number of nitrogens with zero attached hydrogens (tertiary/aromatic N) is 1. The zero-order valence-corrected chi connectivity index (χ0v) is 21.5. The number of carbonyl (C=O) groups is 2. The molecule has 5 nitrogen and oxygen atoms in total. The number of methoxy groups -OCH3 is 1. The molecule has 0 unspecified atom stereocenters. The molecule has 1 N–H and O–H groups in total. The van der Waals surface area contributed by atoms with Crippen molar-refractivity contribution in [1.82, 2.24) is 10.2 Å². The smallest absolute Gasteiger partial charge is 0.266 e. The Hall–Kier alpha value is -1.86. The lowest BCUT2D eigenvalue weighted by Gasteiger charge is -2.56. The molecule has 7 heteroatoms. The van der Waals surface area contributed by atoms with Crippen molar-refractivity contribution in [2.75, 3.05) is 13.7 Å². The van der Waals surface area contributed by atoms with Crippen molar-refractivity contribution in [3.05, 3.63) is 34.7 Å². The third-order valence-electron chi connectivity index (χ3n) is 8.02. The summed E-state index contributed by atoms with van der Waals surface area (Å²) in [7, 11) is 1.63. The summed E-state index contributed by atoms with van der Waals surface area (Å²) in [6, 6.07) is 7.62. The van der Waals surface area contributed by atoms with Crippen LogP contribution in [-0.4, -0.2) is 40.2 Å². The third kappa shape index (κ3) is 5.20. The minimum Gasteiger partial charge on any atom is -0.497 e. The first-order valence-corrected chi connectivity index (χ1v) is 13.9. The van der Waals surface area contributed by atoms with E-state index in [4.69, 9.17) is 17.0 Å². The summed E-state index contributed by atoms with van der Waals surface area (Å²) in [6.45, 7) is 0.612. The van der Waals surface area contributed by atoms with Crippen LogP contribution in [0.15, 0.2) is 29.2 Å². The van der Waals surface area contributed by atoms with E-state index in [2.05, 4.69) is 5.32 Å². The van der Waals surface area contributed by atoms with Crippen molar-refractivity contribution in [3.8, 4) is 5.75 Å². The van der Waals surface area contributed by atoms with Gasteiger partial charge in [0.25, 0.3) is 5.91 Å². The highest BCUT2D eigenvalue weighted by molar-refractivity contribution is 8.26. The number of unbranched alkanes of at least 4 members (excludes halogenated alkanes) is 2. The molecule has 0 spiro atoms. The summed E-state index contributed by atoms with van der Waals surface area (Å²) >= 11 is 6.82. The second kappa shape index (κ2) is 10.0. The van der Waals surface area contributed by atoms with E-state index in [1.807, 2.05) is 30.3 Å². The highest BCUT2D eigenvalue weighted by atomic mass is 32.2. The molecule has 0 aromatic heterocycles. The summed E-state index contributed by atoms with van der Waals surface area (Å²) < 4.78 is 5.80. The summed E-state index contributed by atoms with van der Waals surface area (Å²) in [4.78, 5) is 27.9. The first-order chi connectivity index (χ1) is 16.4. The van der Waals surface area contributed by atoms with Crippen LogP contribution in [-0.2, 0) is 9.59 Å². The fourth-order valence-corrected chi connectivity index (χ4v) is 8.21. The maximum Gasteiger partial charge on any atom is 0.266 e. The van der Waals surface area contributed by atoms with Crippen LogP contribution in [0.4, 0.5) is 0 Å². The van der Waals surface area contributed by atoms with Crippen LogP contribution in [0, 0.1) is 17.8 Å². The molecule has 4 saturated carbocycles. The molecule has 1 heterocycles. The molecule has 0 atom stereocenters. The van der Waals surface area contributed by atoms with Gasteiger partial charge >= 0.3 is 0 Å². The van der Waals surface area contributed by atoms with Crippen molar-refractivity contribution in [2.24, 2.45) is 17.8 Å². The number of benzene rings is 1. The average Bonchev–Trinajstić information content (AvgIpc) is 3.05. The monoisotopic (exact) mass is 498 g/mol. The number of carbonyl (C=O) groups excluding carboxylic acids is 2. The molecule has 34 heavy (non-hydrogen) atoms. The Morgan fingerprint density at radius 1 is 1.12 bits per heavy atom. The lowest BCUT2D eigenvalue weighted by Crippen LogP contribution is -2.59. The van der Waals surface area contributed by atoms with Gasteiger partial charge in [-0.25, -0.2) is 0 Å². The van der Waals surface area contributed by atoms with E-state index in [1.54, 1.807) is 12.0 Å². The maximum atomic E-state index is 12.8. The predicted molar refractivity (Wildman–Crippen MR) is 140 cm³/mol. The molecule has 1 aromatic carbocycles. The van der Waals surface area contributed by atoms with Crippen molar-refractivity contribution in [2.45, 2.75) is 69.7 Å². The lowest BCUT2D eigenvalue weighted by atomic mass is 9.53. The van der Waals surface area contributed by atoms with Gasteiger partial charge in [0.1, 0.15) is 10.1 Å². The minimum absolute atomic E-state index is 0.0228. The van der Waals surface area contributed by atoms with Gasteiger partial charge in [-0.2, -0.15) is 0 Å². The fraction of sp³-hybridized carbons (Fsp3) is 0.593. The van der Waals surface area contributed by atoms with E-state index < -0.39 is 0 Å². The van der Waals surface area contributed by atoms with E-state index in [9.17, 15) is 9.59 Å². The predicted octanol–water partition coefficient (Wildman–Crippen LogP) is 5.54. The molecular weight excluding hydrogens is 464 g/mol. The van der Waals surface area contributed by atoms with Crippen molar-refractivity contribution in [1.29, 1.82) is 0 Å². The highest BCUT2D eigenvalue weighted by Gasteiger charge is 2.51. The molecule has 2 amide bonds. The van der Waals surface area contributed by atoms with E-state index in [0.29, 0.717) is 22.2 Å². The van der Waals surface area contributed by atoms with Crippen LogP contribution < -0.4 is 10.1 Å². The molecule has 4 bridgehead atoms. The Morgan fingerprint density at radius 2 is 1.76 bits per heavy atom. The number of hydrogen-bond donors (Lipinski definition) is 1. The number of ether oxygens (including phenoxy) is 1. The molecular formula is C27H34N2O3S2. The second-order valence-corrected chi connectivity index (χ2v) is 12.3. The molecule has 6 rings (SSSR count). The van der Waals surface area contributed by atoms with E-state index in [-0.39, 0.29) is 17.4 Å². The number of rotatable bonds is 9. The van der Waals surface area contributed by atoms with Gasteiger partial charge in [-0.1, -0.05) is 42.5 Å². The van der Waals surface area contributed by atoms with Crippen LogP contribution >= 0.6 is 24.0 Å². The van der Waals surface area contributed by atoms with Gasteiger partial charge in [0, 0.05) is 18.5 Å². The van der Waals surface area contributed by atoms with Gasteiger partial charge < -0.3 is 10.1 Å². The average molecular weight is 499 g/mol. The molecule has 1 aromatic rings. The zero-order chi connectivity index (χ0) is 23.7. The van der Waals surface area contributed by atoms with Crippen molar-refractivity contribution in [3.63, 3.8) is 0 Å². The minimum atomic E-state index is -0.0228. The summed E-state index contributed by atoms with van der Waals surface area (Å²) in [5.41, 5.74) is 1.05. The SMILES string of the molecule is COc1ccc(C=C2SC(=S)N(CCCCCC(=O)NC34CC5CC(CC(C5)C3)C4)C2=O)cc1. The summed E-state index contributed by atoms with van der Waals surface area (Å²) in [5.74, 6) is 3.51. The molecule has 0 radical (unpaired) electrons. The lowest BCUT2D eigenvalue weighted by molar-refractivity contribution is -0.127. The van der Waals surface area contributed by atoms with Crippen molar-refractivity contribution >= 4 is 46.2 Å². The third-order valence-corrected chi connectivity index (χ3v) is 9.39. The Balaban J connectivity index is 1.04. The summed E-state index contributed by atoms with van der Waals surface area (Å²) in [6.07, 6.45) is 12.9. The number of nitrogens with one attached hydrogen (secondary N) is 1. The number of thiocarbonyl (C=S) groups is 1. The van der Waals surface area contributed by atoms with E-state index in [0.717, 1.165) is 48.3 Å². The van der Waals surface area contributed by atoms with Crippen LogP contribution in [0.5, 0.6) is 5.75 Å². The van der Waals surface area contributed by atoms with Gasteiger partial charge in [0.05, 0.1) is 12.0 Å². The number of hydrogen-bond acceptors (Lipinski definition) is 5. The molecule has 5 fully saturated rings. The highest BCUT2D eigenvalue weighted by Crippen LogP contribution is 2.55. The molecule has 182 valence electrons. The topological polar surface area (TPSA) is 58.6 Å². The van der Waals surface area contributed by atoms with Crippen LogP contribution in [0.25, 0.3) is 6.08 Å². The normalized spacial score (nSPS) is 30.9. The molecule has 1 aliphatic heterocycles. The summed E-state index contributed by atoms with van der Waals surface area (Å²) in [5, 5.41) is 3.46. The molecule has 1 saturated heterocycles. The Bertz CT molecular complexity index is 953. The van der Waals surface area contributed by atoms with Crippen LogP contribution in [0.3, 0.4) is 0 Å². The number of amides is 2. The van der Waals surface area contributed by atoms with Gasteiger partial charge in [-0.05, 0) is 92.9 Å². The van der Waals surface area contributed by atoms with E-state index in [1.165, 1.54) is 50.3 Å². The van der Waals surface area contributed by atoms with Gasteiger partial charge in [-0.15, -0.1) is 0 Å². The Labute approximate surface area is 212 Å². The van der Waals surface area contributed by atoms with Crippen LogP contribution in [0.2, 0.25) is 0 Å².